The zero-order valence-electron chi connectivity index (χ0n) is 19.2. The largest absolute Gasteiger partial charge is 0.507 e. The molecule has 0 heterocycles. The summed E-state index contributed by atoms with van der Waals surface area (Å²) in [4.78, 5) is 0. The average Bonchev–Trinajstić information content (AvgIpc) is 2.82. The summed E-state index contributed by atoms with van der Waals surface area (Å²) in [5.74, 6) is -101. The van der Waals surface area contributed by atoms with Crippen molar-refractivity contribution in [2.24, 2.45) is 0 Å². The van der Waals surface area contributed by atoms with Crippen LogP contribution in [0, 0.1) is 0 Å². The van der Waals surface area contributed by atoms with Crippen molar-refractivity contribution in [1.82, 2.24) is 0 Å². The van der Waals surface area contributed by atoms with Crippen LogP contribution in [0.3, 0.4) is 0 Å². The highest BCUT2D eigenvalue weighted by molar-refractivity contribution is 5.38. The maximum atomic E-state index is 14.1. The number of hydrogen-bond donors (Lipinski definition) is 1. The lowest BCUT2D eigenvalue weighted by molar-refractivity contribution is -0.482. The first-order chi connectivity index (χ1) is 18.8. The number of phenols is 1. The van der Waals surface area contributed by atoms with Crippen LogP contribution >= 0.6 is 0 Å². The third-order valence-electron chi connectivity index (χ3n) is 5.54. The number of hydrogen-bond acceptors (Lipinski definition) is 1. The van der Waals surface area contributed by atoms with Crippen molar-refractivity contribution >= 4 is 0 Å². The number of aromatic hydroxyl groups is 1. The van der Waals surface area contributed by atoms with Crippen LogP contribution in [0.1, 0.15) is 5.56 Å². The maximum absolute atomic E-state index is 14.1. The van der Waals surface area contributed by atoms with Gasteiger partial charge in [-0.15, -0.1) is 0 Å². The molecule has 0 aliphatic carbocycles. The van der Waals surface area contributed by atoms with Crippen molar-refractivity contribution < 1.29 is 115 Å². The summed E-state index contributed by atoms with van der Waals surface area (Å²) in [6, 6.07) is -0.128. The first-order valence-electron chi connectivity index (χ1n) is 9.78. The molecular formula is C18H5F25O. The predicted octanol–water partition coefficient (Wildman–Crippen LogP) is 9.40. The summed E-state index contributed by atoms with van der Waals surface area (Å²) < 4.78 is 336. The lowest BCUT2D eigenvalue weighted by Crippen LogP contribution is -2.78. The molecule has 26 heteroatoms. The third kappa shape index (κ3) is 4.48. The summed E-state index contributed by atoms with van der Waals surface area (Å²) in [5.41, 5.74) is -2.92. The topological polar surface area (TPSA) is 20.2 Å². The molecule has 0 aromatic heterocycles. The van der Waals surface area contributed by atoms with E-state index in [2.05, 4.69) is 0 Å². The fourth-order valence-electron chi connectivity index (χ4n) is 2.86. The van der Waals surface area contributed by atoms with E-state index in [0.717, 1.165) is 0 Å². The monoisotopic (exact) mass is 712 g/mol. The Labute approximate surface area is 223 Å². The molecule has 1 nitrogen and oxygen atoms in total. The molecule has 0 fully saturated rings. The van der Waals surface area contributed by atoms with Crippen LogP contribution in [0.4, 0.5) is 110 Å². The van der Waals surface area contributed by atoms with Gasteiger partial charge in [0.05, 0.1) is 5.56 Å². The molecule has 0 bridgehead atoms. The van der Waals surface area contributed by atoms with E-state index in [9.17, 15) is 110 Å². The highest BCUT2D eigenvalue weighted by atomic mass is 19.4. The number of benzene rings is 1. The summed E-state index contributed by atoms with van der Waals surface area (Å²) >= 11 is 0. The fraction of sp³-hybridized carbons (Fsp3) is 0.667. The van der Waals surface area contributed by atoms with Crippen molar-refractivity contribution in [1.29, 1.82) is 0 Å². The van der Waals surface area contributed by atoms with Gasteiger partial charge in [0, 0.05) is 0 Å². The van der Waals surface area contributed by atoms with E-state index in [-0.39, 0.29) is 12.1 Å². The van der Waals surface area contributed by atoms with Gasteiger partial charge in [-0.2, -0.15) is 110 Å². The van der Waals surface area contributed by atoms with Gasteiger partial charge in [-0.3, -0.25) is 0 Å². The van der Waals surface area contributed by atoms with Gasteiger partial charge in [0.2, 0.25) is 0 Å². The number of rotatable bonds is 11. The van der Waals surface area contributed by atoms with E-state index >= 15 is 0 Å². The van der Waals surface area contributed by atoms with E-state index in [1.165, 1.54) is 0 Å². The standard InChI is InChI=1S/C18H5F25O/c19-7(20,5-3-1-2-4-6(5)44)8(21,22)9(23,24)10(25,26)11(27,28)12(29,30)13(31,32)14(33,34)15(35,36)16(37,38)17(39,40)18(41,42)43/h1-4,44H. The van der Waals surface area contributed by atoms with Gasteiger partial charge in [0.15, 0.2) is 0 Å². The van der Waals surface area contributed by atoms with Crippen LogP contribution < -0.4 is 0 Å². The van der Waals surface area contributed by atoms with Gasteiger partial charge in [-0.05, 0) is 12.1 Å². The zero-order valence-corrected chi connectivity index (χ0v) is 19.2. The molecule has 44 heavy (non-hydrogen) atoms. The van der Waals surface area contributed by atoms with Crippen LogP contribution in [0.2, 0.25) is 0 Å². The Morgan fingerprint density at radius 2 is 0.545 bits per heavy atom. The van der Waals surface area contributed by atoms with Crippen molar-refractivity contribution in [3.05, 3.63) is 29.8 Å². The smallest absolute Gasteiger partial charge is 0.460 e. The minimum Gasteiger partial charge on any atom is -0.507 e. The minimum atomic E-state index is -9.63. The van der Waals surface area contributed by atoms with Crippen molar-refractivity contribution in [3.8, 4) is 5.75 Å². The Morgan fingerprint density at radius 1 is 0.318 bits per heavy atom. The van der Waals surface area contributed by atoms with E-state index in [1.807, 2.05) is 0 Å². The SMILES string of the molecule is Oc1ccccc1C(F)(F)C(F)(F)C(F)(F)C(F)(F)C(F)(F)C(F)(F)C(F)(F)C(F)(F)C(F)(F)C(F)(F)C(F)(F)C(F)(F)F. The number of halogens is 25. The lowest BCUT2D eigenvalue weighted by Gasteiger charge is -2.45. The highest BCUT2D eigenvalue weighted by Gasteiger charge is 2.99. The van der Waals surface area contributed by atoms with Gasteiger partial charge >= 0.3 is 71.3 Å². The highest BCUT2D eigenvalue weighted by Crippen LogP contribution is 2.68. The molecule has 0 radical (unpaired) electrons. The predicted molar refractivity (Wildman–Crippen MR) is 87.5 cm³/mol. The molecule has 0 saturated heterocycles. The number of para-hydroxylation sites is 1. The Kier molecular flexibility index (Phi) is 8.83. The van der Waals surface area contributed by atoms with Crippen molar-refractivity contribution in [3.63, 3.8) is 0 Å². The van der Waals surface area contributed by atoms with Crippen molar-refractivity contribution in [2.45, 2.75) is 71.3 Å². The second kappa shape index (κ2) is 9.88. The molecule has 0 spiro atoms. The number of phenolic OH excluding ortho intramolecular Hbond substituents is 1. The van der Waals surface area contributed by atoms with Crippen LogP contribution in [-0.2, 0) is 5.92 Å². The summed E-state index contributed by atoms with van der Waals surface area (Å²) in [6.07, 6.45) is -8.18. The summed E-state index contributed by atoms with van der Waals surface area (Å²) in [5, 5.41) is 9.06. The molecule has 0 saturated carbocycles. The fourth-order valence-corrected chi connectivity index (χ4v) is 2.86. The van der Waals surface area contributed by atoms with Crippen LogP contribution in [0.25, 0.3) is 0 Å². The summed E-state index contributed by atoms with van der Waals surface area (Å²) in [6.45, 7) is 0. The van der Waals surface area contributed by atoms with E-state index < -0.39 is 88.7 Å². The van der Waals surface area contributed by atoms with Crippen molar-refractivity contribution in [2.75, 3.05) is 0 Å². The summed E-state index contributed by atoms with van der Waals surface area (Å²) in [7, 11) is 0. The molecule has 0 unspecified atom stereocenters. The Bertz CT molecular complexity index is 1210. The van der Waals surface area contributed by atoms with Gasteiger partial charge in [-0.1, -0.05) is 12.1 Å². The molecule has 1 aromatic carbocycles. The first kappa shape index (κ1) is 39.3. The van der Waals surface area contributed by atoms with Gasteiger partial charge in [0.1, 0.15) is 5.75 Å². The number of alkyl halides is 25. The zero-order chi connectivity index (χ0) is 36.0. The van der Waals surface area contributed by atoms with Crippen LogP contribution in [0.5, 0.6) is 5.75 Å². The Morgan fingerprint density at radius 3 is 0.795 bits per heavy atom. The molecule has 1 rings (SSSR count). The quantitative estimate of drug-likeness (QED) is 0.227. The third-order valence-corrected chi connectivity index (χ3v) is 5.54. The second-order valence-electron chi connectivity index (χ2n) is 8.33. The van der Waals surface area contributed by atoms with Gasteiger partial charge in [-0.25, -0.2) is 0 Å². The molecule has 0 amide bonds. The van der Waals surface area contributed by atoms with E-state index in [0.29, 0.717) is 6.07 Å². The molecule has 0 atom stereocenters. The van der Waals surface area contributed by atoms with Crippen LogP contribution in [-0.4, -0.2) is 70.5 Å². The maximum Gasteiger partial charge on any atom is 0.460 e. The first-order valence-corrected chi connectivity index (χ1v) is 9.78. The molecule has 1 N–H and O–H groups in total. The van der Waals surface area contributed by atoms with Gasteiger partial charge in [0.25, 0.3) is 0 Å². The lowest BCUT2D eigenvalue weighted by atomic mass is 9.84. The van der Waals surface area contributed by atoms with E-state index in [1.54, 1.807) is 0 Å². The Hall–Kier alpha value is -2.73. The molecular weight excluding hydrogens is 707 g/mol. The normalized spacial score (nSPS) is 16.4. The minimum absolute atomic E-state index is 0.110. The van der Waals surface area contributed by atoms with E-state index in [4.69, 9.17) is 5.11 Å². The molecule has 1 aromatic rings. The van der Waals surface area contributed by atoms with Gasteiger partial charge < -0.3 is 5.11 Å². The molecule has 258 valence electrons. The van der Waals surface area contributed by atoms with Crippen LogP contribution in [0.15, 0.2) is 24.3 Å². The molecule has 0 aliphatic heterocycles. The average molecular weight is 712 g/mol. The molecule has 0 aliphatic rings. The second-order valence-corrected chi connectivity index (χ2v) is 8.33. The Balaban J connectivity index is 3.94.